The number of methoxy groups -OCH3 is 2. The van der Waals surface area contributed by atoms with E-state index in [1.54, 1.807) is 55.2 Å². The number of aryl methyl sites for hydroxylation is 1. The summed E-state index contributed by atoms with van der Waals surface area (Å²) in [4.78, 5) is 24.5. The standard InChI is InChI=1S/C28H27NO6/c1-18-15-23-21(17-27(30)31)5-4-6-24(23)29(18)28(32)20-8-10-22(11-9-20)35-14-13-19-7-12-25(33-2)26(16-19)34-3/h4-12,15-16H,13-14,17H2,1-3H3,(H,30,31). The summed E-state index contributed by atoms with van der Waals surface area (Å²) in [5, 5.41) is 9.96. The lowest BCUT2D eigenvalue weighted by Crippen LogP contribution is -2.13. The fourth-order valence-corrected chi connectivity index (χ4v) is 4.16. The minimum Gasteiger partial charge on any atom is -0.493 e. The molecule has 0 unspecified atom stereocenters. The van der Waals surface area contributed by atoms with Gasteiger partial charge in [0, 0.05) is 23.1 Å². The van der Waals surface area contributed by atoms with Gasteiger partial charge in [-0.15, -0.1) is 0 Å². The van der Waals surface area contributed by atoms with Crippen LogP contribution in [0.1, 0.15) is 27.2 Å². The third-order valence-corrected chi connectivity index (χ3v) is 5.87. The maximum Gasteiger partial charge on any atom is 0.307 e. The minimum absolute atomic E-state index is 0.0929. The summed E-state index contributed by atoms with van der Waals surface area (Å²) in [5.74, 6) is 0.940. The van der Waals surface area contributed by atoms with E-state index in [0.717, 1.165) is 16.6 Å². The molecule has 4 rings (SSSR count). The van der Waals surface area contributed by atoms with Gasteiger partial charge < -0.3 is 19.3 Å². The van der Waals surface area contributed by atoms with Crippen LogP contribution in [0.15, 0.2) is 66.7 Å². The molecule has 1 heterocycles. The third-order valence-electron chi connectivity index (χ3n) is 5.87. The van der Waals surface area contributed by atoms with Gasteiger partial charge in [-0.3, -0.25) is 14.2 Å². The smallest absolute Gasteiger partial charge is 0.307 e. The number of nitrogens with zero attached hydrogens (tertiary/aromatic N) is 1. The van der Waals surface area contributed by atoms with Crippen molar-refractivity contribution in [1.82, 2.24) is 4.57 Å². The van der Waals surface area contributed by atoms with Crippen molar-refractivity contribution in [3.63, 3.8) is 0 Å². The molecule has 0 saturated heterocycles. The van der Waals surface area contributed by atoms with Gasteiger partial charge in [-0.2, -0.15) is 0 Å². The van der Waals surface area contributed by atoms with E-state index >= 15 is 0 Å². The van der Waals surface area contributed by atoms with E-state index in [2.05, 4.69) is 0 Å². The highest BCUT2D eigenvalue weighted by molar-refractivity contribution is 6.04. The lowest BCUT2D eigenvalue weighted by atomic mass is 10.1. The zero-order valence-electron chi connectivity index (χ0n) is 19.9. The molecule has 0 spiro atoms. The van der Waals surface area contributed by atoms with Crippen LogP contribution >= 0.6 is 0 Å². The molecule has 0 aliphatic heterocycles. The van der Waals surface area contributed by atoms with E-state index in [-0.39, 0.29) is 12.3 Å². The quantitative estimate of drug-likeness (QED) is 0.372. The predicted octanol–water partition coefficient (Wildman–Crippen LogP) is 4.90. The topological polar surface area (TPSA) is 87.0 Å². The highest BCUT2D eigenvalue weighted by atomic mass is 16.5. The molecule has 4 aromatic rings. The molecule has 0 bridgehead atoms. The maximum absolute atomic E-state index is 13.3. The SMILES string of the molecule is COc1ccc(CCOc2ccc(C(=O)n3c(C)cc4c(CC(=O)O)cccc43)cc2)cc1OC. The Morgan fingerprint density at radius 2 is 1.66 bits per heavy atom. The Balaban J connectivity index is 1.45. The number of aromatic nitrogens is 1. The number of carbonyl (C=O) groups excluding carboxylic acids is 1. The lowest BCUT2D eigenvalue weighted by Gasteiger charge is -2.11. The van der Waals surface area contributed by atoms with Crippen LogP contribution in [-0.2, 0) is 17.6 Å². The highest BCUT2D eigenvalue weighted by Gasteiger charge is 2.17. The molecule has 0 aliphatic carbocycles. The van der Waals surface area contributed by atoms with Gasteiger partial charge in [-0.25, -0.2) is 0 Å². The monoisotopic (exact) mass is 473 g/mol. The van der Waals surface area contributed by atoms with Gasteiger partial charge in [-0.1, -0.05) is 18.2 Å². The molecule has 35 heavy (non-hydrogen) atoms. The zero-order chi connectivity index (χ0) is 24.9. The van der Waals surface area contributed by atoms with Crippen LogP contribution in [0.4, 0.5) is 0 Å². The maximum atomic E-state index is 13.3. The summed E-state index contributed by atoms with van der Waals surface area (Å²) in [6, 6.07) is 20.0. The summed E-state index contributed by atoms with van der Waals surface area (Å²) in [7, 11) is 3.21. The summed E-state index contributed by atoms with van der Waals surface area (Å²) in [6.45, 7) is 2.31. The van der Waals surface area contributed by atoms with Gasteiger partial charge in [-0.05, 0) is 66.6 Å². The number of ether oxygens (including phenoxy) is 3. The first-order valence-electron chi connectivity index (χ1n) is 11.2. The molecule has 7 nitrogen and oxygen atoms in total. The minimum atomic E-state index is -0.907. The molecule has 7 heteroatoms. The fraction of sp³-hybridized carbons (Fsp3) is 0.214. The van der Waals surface area contributed by atoms with E-state index in [1.165, 1.54) is 0 Å². The Hall–Kier alpha value is -4.26. The molecular formula is C28H27NO6. The van der Waals surface area contributed by atoms with Crippen LogP contribution in [0.3, 0.4) is 0 Å². The predicted molar refractivity (Wildman–Crippen MR) is 133 cm³/mol. The van der Waals surface area contributed by atoms with Crippen LogP contribution in [0, 0.1) is 6.92 Å². The Bertz CT molecular complexity index is 1370. The number of carboxylic acid groups (broad SMARTS) is 1. The van der Waals surface area contributed by atoms with Gasteiger partial charge >= 0.3 is 5.97 Å². The number of rotatable bonds is 9. The number of hydrogen-bond acceptors (Lipinski definition) is 5. The Kier molecular flexibility index (Phi) is 7.06. The summed E-state index contributed by atoms with van der Waals surface area (Å²) < 4.78 is 18.1. The van der Waals surface area contributed by atoms with Gasteiger partial charge in [0.2, 0.25) is 0 Å². The summed E-state index contributed by atoms with van der Waals surface area (Å²) >= 11 is 0. The van der Waals surface area contributed by atoms with Crippen LogP contribution in [-0.4, -0.2) is 42.4 Å². The molecule has 0 aliphatic rings. The second-order valence-electron chi connectivity index (χ2n) is 8.16. The highest BCUT2D eigenvalue weighted by Crippen LogP contribution is 2.28. The number of carboxylic acids is 1. The molecule has 180 valence electrons. The van der Waals surface area contributed by atoms with Gasteiger partial charge in [0.15, 0.2) is 11.5 Å². The second-order valence-corrected chi connectivity index (χ2v) is 8.16. The largest absolute Gasteiger partial charge is 0.493 e. The first kappa shape index (κ1) is 23.9. The zero-order valence-corrected chi connectivity index (χ0v) is 19.9. The van der Waals surface area contributed by atoms with Gasteiger partial charge in [0.1, 0.15) is 5.75 Å². The average molecular weight is 474 g/mol. The number of fused-ring (bicyclic) bond motifs is 1. The Morgan fingerprint density at radius 1 is 0.914 bits per heavy atom. The third kappa shape index (κ3) is 5.14. The molecule has 0 fully saturated rings. The molecule has 1 N–H and O–H groups in total. The summed E-state index contributed by atoms with van der Waals surface area (Å²) in [6.07, 6.45) is 0.596. The van der Waals surface area contributed by atoms with Crippen molar-refractivity contribution in [2.75, 3.05) is 20.8 Å². The fourth-order valence-electron chi connectivity index (χ4n) is 4.16. The average Bonchev–Trinajstić information content (AvgIpc) is 3.20. The van der Waals surface area contributed by atoms with E-state index in [4.69, 9.17) is 14.2 Å². The van der Waals surface area contributed by atoms with E-state index in [0.29, 0.717) is 46.9 Å². The van der Waals surface area contributed by atoms with E-state index in [1.807, 2.05) is 37.3 Å². The number of aliphatic carboxylic acids is 1. The van der Waals surface area contributed by atoms with Crippen molar-refractivity contribution in [3.05, 3.63) is 89.1 Å². The van der Waals surface area contributed by atoms with Crippen LogP contribution in [0.25, 0.3) is 10.9 Å². The molecule has 0 amide bonds. The number of carbonyl (C=O) groups is 2. The molecular weight excluding hydrogens is 446 g/mol. The number of benzene rings is 3. The van der Waals surface area contributed by atoms with Crippen molar-refractivity contribution < 1.29 is 28.9 Å². The van der Waals surface area contributed by atoms with Crippen molar-refractivity contribution >= 4 is 22.8 Å². The van der Waals surface area contributed by atoms with Gasteiger partial charge in [0.25, 0.3) is 5.91 Å². The molecule has 1 aromatic heterocycles. The normalized spacial score (nSPS) is 10.8. The van der Waals surface area contributed by atoms with Gasteiger partial charge in [0.05, 0.1) is 32.8 Å². The van der Waals surface area contributed by atoms with Crippen molar-refractivity contribution in [1.29, 1.82) is 0 Å². The van der Waals surface area contributed by atoms with Crippen LogP contribution < -0.4 is 14.2 Å². The van der Waals surface area contributed by atoms with E-state index in [9.17, 15) is 14.7 Å². The Morgan fingerprint density at radius 3 is 2.34 bits per heavy atom. The molecule has 0 atom stereocenters. The van der Waals surface area contributed by atoms with Crippen molar-refractivity contribution in [2.24, 2.45) is 0 Å². The summed E-state index contributed by atoms with van der Waals surface area (Å²) in [5.41, 5.74) is 3.70. The van der Waals surface area contributed by atoms with Crippen molar-refractivity contribution in [3.8, 4) is 17.2 Å². The van der Waals surface area contributed by atoms with E-state index < -0.39 is 5.97 Å². The van der Waals surface area contributed by atoms with Crippen LogP contribution in [0.2, 0.25) is 0 Å². The lowest BCUT2D eigenvalue weighted by molar-refractivity contribution is -0.136. The molecule has 3 aromatic carbocycles. The molecule has 0 radical (unpaired) electrons. The Labute approximate surface area is 203 Å². The first-order valence-corrected chi connectivity index (χ1v) is 11.2. The second kappa shape index (κ2) is 10.3. The van der Waals surface area contributed by atoms with Crippen LogP contribution in [0.5, 0.6) is 17.2 Å². The molecule has 0 saturated carbocycles. The number of hydrogen-bond donors (Lipinski definition) is 1. The van der Waals surface area contributed by atoms with Crippen molar-refractivity contribution in [2.45, 2.75) is 19.8 Å². The first-order chi connectivity index (χ1) is 16.9.